The first-order chi connectivity index (χ1) is 22.6. The van der Waals surface area contributed by atoms with Crippen molar-refractivity contribution in [2.75, 3.05) is 38.5 Å². The minimum absolute atomic E-state index is 0.0474. The molecule has 1 unspecified atom stereocenters. The van der Waals surface area contributed by atoms with Crippen LogP contribution in [0.25, 0.3) is 0 Å². The third-order valence-corrected chi connectivity index (χ3v) is 11.6. The molecular formula is C34H45FN7O4Si. The molecule has 1 aromatic heterocycles. The van der Waals surface area contributed by atoms with E-state index in [4.69, 9.17) is 0 Å². The summed E-state index contributed by atoms with van der Waals surface area (Å²) < 4.78 is 17.3. The van der Waals surface area contributed by atoms with Gasteiger partial charge in [-0.05, 0) is 37.7 Å². The van der Waals surface area contributed by atoms with Crippen LogP contribution in [0.4, 0.5) is 10.1 Å². The number of hydrogen-bond acceptors (Lipinski definition) is 6. The van der Waals surface area contributed by atoms with Gasteiger partial charge in [-0.3, -0.25) is 23.9 Å². The number of amides is 4. The number of aromatic nitrogens is 2. The zero-order valence-corrected chi connectivity index (χ0v) is 28.8. The average Bonchev–Trinajstić information content (AvgIpc) is 3.57. The van der Waals surface area contributed by atoms with Crippen LogP contribution in [0.15, 0.2) is 60.8 Å². The van der Waals surface area contributed by atoms with E-state index in [1.54, 1.807) is 35.6 Å². The van der Waals surface area contributed by atoms with Crippen LogP contribution in [0.5, 0.6) is 0 Å². The molecule has 3 N–H and O–H groups in total. The van der Waals surface area contributed by atoms with E-state index in [0.29, 0.717) is 36.9 Å². The predicted octanol–water partition coefficient (Wildman–Crippen LogP) is 2.51. The number of aryl methyl sites for hydroxylation is 1. The number of anilines is 1. The molecule has 251 valence electrons. The van der Waals surface area contributed by atoms with Crippen molar-refractivity contribution in [1.29, 1.82) is 0 Å². The van der Waals surface area contributed by atoms with E-state index >= 15 is 4.39 Å². The van der Waals surface area contributed by atoms with Gasteiger partial charge >= 0.3 is 0 Å². The Balaban J connectivity index is 1.58. The molecule has 4 rings (SSSR count). The Kier molecular flexibility index (Phi) is 12.4. The van der Waals surface area contributed by atoms with Crippen LogP contribution in [0, 0.1) is 5.82 Å². The minimum atomic E-state index is -1.69. The molecule has 13 heteroatoms. The summed E-state index contributed by atoms with van der Waals surface area (Å²) in [6, 6.07) is 15.3. The molecule has 1 saturated heterocycles. The number of nitrogens with zero attached hydrogens (tertiary/aromatic N) is 4. The highest BCUT2D eigenvalue weighted by atomic mass is 28.3. The summed E-state index contributed by atoms with van der Waals surface area (Å²) in [5.74, 6) is -2.67. The van der Waals surface area contributed by atoms with E-state index in [1.165, 1.54) is 18.3 Å². The van der Waals surface area contributed by atoms with Crippen molar-refractivity contribution in [2.45, 2.75) is 64.3 Å². The maximum Gasteiger partial charge on any atom is 0.269 e. The number of benzene rings is 2. The smallest absolute Gasteiger partial charge is 0.269 e. The monoisotopic (exact) mass is 662 g/mol. The largest absolute Gasteiger partial charge is 0.344 e. The number of hydrogen-bond donors (Lipinski definition) is 3. The van der Waals surface area contributed by atoms with Gasteiger partial charge in [-0.25, -0.2) is 4.39 Å². The first-order valence-electron chi connectivity index (χ1n) is 16.2. The molecule has 2 heterocycles. The van der Waals surface area contributed by atoms with Gasteiger partial charge in [0.2, 0.25) is 17.7 Å². The van der Waals surface area contributed by atoms with Crippen LogP contribution in [-0.2, 0) is 20.9 Å². The summed E-state index contributed by atoms with van der Waals surface area (Å²) in [7, 11) is 0.307. The molecule has 0 saturated carbocycles. The Morgan fingerprint density at radius 1 is 0.957 bits per heavy atom. The Labute approximate surface area is 277 Å². The highest BCUT2D eigenvalue weighted by Crippen LogP contribution is 2.26. The molecule has 1 fully saturated rings. The standard InChI is InChI=1S/C34H45FN7O4Si/c1-6-29(43)38-30(34(46)41-20-18-40(5)19-21-41)23(4)24-14-15-27(26(35)22-24)37-32(45)33(47(8-3)25-12-10-9-11-13-25)39-31(44)28-16-17-36-42(28)7-2/h9-17,22-23,30,33H,6-8,18-21H2,1-5H3,(H,37,45)(H,38,43)(H,39,44)/t23-,30+,33?/m0/s1. The number of carbonyl (C=O) groups is 4. The van der Waals surface area contributed by atoms with E-state index in [1.807, 2.05) is 51.2 Å². The fourth-order valence-corrected chi connectivity index (χ4v) is 8.20. The number of piperazine rings is 1. The quantitative estimate of drug-likeness (QED) is 0.242. The molecule has 0 spiro atoms. The lowest BCUT2D eigenvalue weighted by molar-refractivity contribution is -0.138. The van der Waals surface area contributed by atoms with Crippen molar-refractivity contribution in [1.82, 2.24) is 30.2 Å². The molecule has 11 nitrogen and oxygen atoms in total. The first-order valence-corrected chi connectivity index (χ1v) is 18.0. The van der Waals surface area contributed by atoms with Crippen molar-refractivity contribution in [3.05, 3.63) is 77.9 Å². The molecule has 1 aliphatic heterocycles. The molecule has 3 atom stereocenters. The molecule has 4 amide bonds. The van der Waals surface area contributed by atoms with E-state index in [-0.39, 0.29) is 23.9 Å². The number of nitrogens with one attached hydrogen (secondary N) is 3. The fraction of sp³-hybridized carbons (Fsp3) is 0.441. The van der Waals surface area contributed by atoms with Gasteiger partial charge in [-0.2, -0.15) is 5.10 Å². The zero-order chi connectivity index (χ0) is 34.1. The van der Waals surface area contributed by atoms with Crippen molar-refractivity contribution in [3.63, 3.8) is 0 Å². The lowest BCUT2D eigenvalue weighted by Gasteiger charge is -2.36. The van der Waals surface area contributed by atoms with Crippen LogP contribution in [0.1, 0.15) is 56.1 Å². The van der Waals surface area contributed by atoms with Crippen LogP contribution in [0.2, 0.25) is 6.04 Å². The number of rotatable bonds is 13. The summed E-state index contributed by atoms with van der Waals surface area (Å²) in [6.07, 6.45) is 1.74. The third-order valence-electron chi connectivity index (χ3n) is 8.66. The Hall–Kier alpha value is -4.36. The lowest BCUT2D eigenvalue weighted by atomic mass is 9.91. The average molecular weight is 663 g/mol. The van der Waals surface area contributed by atoms with Gasteiger partial charge in [0.15, 0.2) is 0 Å². The predicted molar refractivity (Wildman–Crippen MR) is 181 cm³/mol. The molecule has 47 heavy (non-hydrogen) atoms. The lowest BCUT2D eigenvalue weighted by Crippen LogP contribution is -2.58. The van der Waals surface area contributed by atoms with Crippen molar-refractivity contribution in [3.8, 4) is 0 Å². The van der Waals surface area contributed by atoms with Gasteiger partial charge in [-0.15, -0.1) is 0 Å². The second-order valence-corrected chi connectivity index (χ2v) is 14.6. The highest BCUT2D eigenvalue weighted by Gasteiger charge is 2.35. The molecule has 1 radical (unpaired) electrons. The Morgan fingerprint density at radius 3 is 2.28 bits per heavy atom. The first kappa shape index (κ1) is 35.5. The normalized spacial score (nSPS) is 15.5. The SMILES string of the molecule is CCC(=O)N[C@@H](C(=O)N1CCN(C)CC1)[C@@H](C)c1ccc(NC(=O)C(NC(=O)c2ccnn2CC)[Si](CC)c2ccccc2)c(F)c1. The van der Waals surface area contributed by atoms with Crippen LogP contribution >= 0.6 is 0 Å². The number of carbonyl (C=O) groups excluding carboxylic acids is 4. The molecule has 3 aromatic rings. The fourth-order valence-electron chi connectivity index (χ4n) is 5.73. The number of likely N-dealkylation sites (N-methyl/N-ethyl adjacent to an activating group) is 1. The topological polar surface area (TPSA) is 129 Å². The van der Waals surface area contributed by atoms with Gasteiger partial charge < -0.3 is 25.8 Å². The number of halogens is 1. The molecular weight excluding hydrogens is 618 g/mol. The van der Waals surface area contributed by atoms with Gasteiger partial charge in [0.25, 0.3) is 5.91 Å². The van der Waals surface area contributed by atoms with E-state index in [2.05, 4.69) is 25.9 Å². The maximum atomic E-state index is 15.7. The van der Waals surface area contributed by atoms with Crippen LogP contribution < -0.4 is 21.1 Å². The van der Waals surface area contributed by atoms with Gasteiger partial charge in [0.05, 0.1) is 5.69 Å². The van der Waals surface area contributed by atoms with E-state index in [0.717, 1.165) is 18.3 Å². The second kappa shape index (κ2) is 16.5. The van der Waals surface area contributed by atoms with E-state index < -0.39 is 44.1 Å². The minimum Gasteiger partial charge on any atom is -0.344 e. The van der Waals surface area contributed by atoms with E-state index in [9.17, 15) is 19.2 Å². The second-order valence-electron chi connectivity index (χ2n) is 11.7. The summed E-state index contributed by atoms with van der Waals surface area (Å²) in [5.41, 5.74) is -0.136. The van der Waals surface area contributed by atoms with Crippen molar-refractivity contribution in [2.24, 2.45) is 0 Å². The molecule has 0 aliphatic carbocycles. The molecule has 1 aliphatic rings. The summed E-state index contributed by atoms with van der Waals surface area (Å²) in [6.45, 7) is 10.4. The van der Waals surface area contributed by atoms with Crippen LogP contribution in [-0.4, -0.2) is 96.9 Å². The Bertz CT molecular complexity index is 1540. The third kappa shape index (κ3) is 8.72. The molecule has 0 bridgehead atoms. The van der Waals surface area contributed by atoms with Crippen molar-refractivity contribution >= 4 is 43.3 Å². The van der Waals surface area contributed by atoms with Gasteiger partial charge in [0.1, 0.15) is 32.0 Å². The highest BCUT2D eigenvalue weighted by molar-refractivity contribution is 6.78. The maximum absolute atomic E-state index is 15.7. The summed E-state index contributed by atoms with van der Waals surface area (Å²) >= 11 is 0. The summed E-state index contributed by atoms with van der Waals surface area (Å²) in [4.78, 5) is 57.1. The van der Waals surface area contributed by atoms with Crippen molar-refractivity contribution < 1.29 is 23.6 Å². The summed E-state index contributed by atoms with van der Waals surface area (Å²) in [5, 5.41) is 13.6. The van der Waals surface area contributed by atoms with Gasteiger partial charge in [0, 0.05) is 51.3 Å². The zero-order valence-electron chi connectivity index (χ0n) is 27.8. The molecule has 2 aromatic carbocycles. The Morgan fingerprint density at radius 2 is 1.66 bits per heavy atom. The van der Waals surface area contributed by atoms with Crippen LogP contribution in [0.3, 0.4) is 0 Å². The van der Waals surface area contributed by atoms with Gasteiger partial charge in [-0.1, -0.05) is 68.4 Å².